The van der Waals surface area contributed by atoms with E-state index >= 15 is 0 Å². The lowest BCUT2D eigenvalue weighted by Gasteiger charge is -2.37. The van der Waals surface area contributed by atoms with E-state index in [1.165, 1.54) is 5.69 Å². The van der Waals surface area contributed by atoms with Crippen molar-refractivity contribution < 1.29 is 4.74 Å². The van der Waals surface area contributed by atoms with Crippen LogP contribution in [0.4, 0.5) is 0 Å². The van der Waals surface area contributed by atoms with Crippen LogP contribution in [0.3, 0.4) is 0 Å². The van der Waals surface area contributed by atoms with E-state index in [1.807, 2.05) is 6.20 Å². The van der Waals surface area contributed by atoms with Crippen LogP contribution >= 0.6 is 12.4 Å². The summed E-state index contributed by atoms with van der Waals surface area (Å²) in [5, 5.41) is 7.83. The molecule has 0 saturated carbocycles. The Morgan fingerprint density at radius 2 is 2.32 bits per heavy atom. The fourth-order valence-corrected chi connectivity index (χ4v) is 3.00. The molecule has 1 aromatic rings. The van der Waals surface area contributed by atoms with Gasteiger partial charge in [-0.1, -0.05) is 0 Å². The molecule has 2 aliphatic heterocycles. The predicted octanol–water partition coefficient (Wildman–Crippen LogP) is 1.06. The van der Waals surface area contributed by atoms with E-state index in [2.05, 4.69) is 39.9 Å². The first-order valence-corrected chi connectivity index (χ1v) is 6.84. The van der Waals surface area contributed by atoms with E-state index in [0.717, 1.165) is 32.8 Å². The Bertz CT molecular complexity index is 409. The Hall–Kier alpha value is -0.620. The molecule has 2 fully saturated rings. The molecule has 0 aliphatic carbocycles. The molecule has 0 spiro atoms. The van der Waals surface area contributed by atoms with E-state index in [0.29, 0.717) is 18.2 Å². The second-order valence-corrected chi connectivity index (χ2v) is 5.47. The van der Waals surface area contributed by atoms with Gasteiger partial charge in [0, 0.05) is 38.4 Å². The first kappa shape index (κ1) is 14.8. The van der Waals surface area contributed by atoms with Crippen molar-refractivity contribution >= 4 is 12.4 Å². The third kappa shape index (κ3) is 2.94. The number of ether oxygens (including phenoxy) is 1. The Morgan fingerprint density at radius 1 is 1.47 bits per heavy atom. The van der Waals surface area contributed by atoms with Crippen molar-refractivity contribution in [3.8, 4) is 0 Å². The van der Waals surface area contributed by atoms with E-state index in [1.54, 1.807) is 0 Å². The lowest BCUT2D eigenvalue weighted by Crippen LogP contribution is -2.50. The summed E-state index contributed by atoms with van der Waals surface area (Å²) < 4.78 is 7.92. The Balaban J connectivity index is 0.00000133. The lowest BCUT2D eigenvalue weighted by molar-refractivity contribution is -0.0509. The van der Waals surface area contributed by atoms with Gasteiger partial charge < -0.3 is 10.1 Å². The number of nitrogens with zero attached hydrogens (tertiary/aromatic N) is 3. The molecule has 19 heavy (non-hydrogen) atoms. The molecule has 5 nitrogen and oxygen atoms in total. The van der Waals surface area contributed by atoms with Crippen molar-refractivity contribution in [3.63, 3.8) is 0 Å². The lowest BCUT2D eigenvalue weighted by atomic mass is 10.1. The van der Waals surface area contributed by atoms with Crippen molar-refractivity contribution in [2.45, 2.75) is 38.6 Å². The van der Waals surface area contributed by atoms with Crippen LogP contribution in [-0.2, 0) is 11.3 Å². The minimum absolute atomic E-state index is 0. The van der Waals surface area contributed by atoms with Gasteiger partial charge in [0.2, 0.25) is 0 Å². The third-order valence-corrected chi connectivity index (χ3v) is 3.91. The molecule has 6 heteroatoms. The van der Waals surface area contributed by atoms with Crippen molar-refractivity contribution in [2.24, 2.45) is 0 Å². The summed E-state index contributed by atoms with van der Waals surface area (Å²) in [4.78, 5) is 2.53. The Labute approximate surface area is 120 Å². The van der Waals surface area contributed by atoms with Gasteiger partial charge in [-0.05, 0) is 19.9 Å². The molecular formula is C13H23ClN4O. The maximum Gasteiger partial charge on any atom is 0.0867 e. The fourth-order valence-electron chi connectivity index (χ4n) is 3.00. The number of morpholine rings is 1. The second kappa shape index (κ2) is 6.22. The van der Waals surface area contributed by atoms with E-state index < -0.39 is 0 Å². The first-order valence-electron chi connectivity index (χ1n) is 6.84. The molecule has 0 unspecified atom stereocenters. The van der Waals surface area contributed by atoms with Crippen LogP contribution in [0.25, 0.3) is 0 Å². The maximum absolute atomic E-state index is 5.80. The monoisotopic (exact) mass is 286 g/mol. The van der Waals surface area contributed by atoms with Gasteiger partial charge in [-0.3, -0.25) is 9.58 Å². The zero-order chi connectivity index (χ0) is 12.5. The summed E-state index contributed by atoms with van der Waals surface area (Å²) >= 11 is 0. The van der Waals surface area contributed by atoms with Crippen LogP contribution in [0.15, 0.2) is 12.3 Å². The summed E-state index contributed by atoms with van der Waals surface area (Å²) in [7, 11) is 0. The average molecular weight is 287 g/mol. The van der Waals surface area contributed by atoms with Crippen LogP contribution in [-0.4, -0.2) is 53.1 Å². The SMILES string of the molecule is CC(C)n1nccc1CN1CCO[C@H]2CNC[C@H]21.Cl. The molecule has 0 amide bonds. The van der Waals surface area contributed by atoms with Crippen molar-refractivity contribution in [3.05, 3.63) is 18.0 Å². The number of aromatic nitrogens is 2. The minimum atomic E-state index is 0. The molecule has 108 valence electrons. The normalized spacial score (nSPS) is 27.3. The molecule has 1 N–H and O–H groups in total. The summed E-state index contributed by atoms with van der Waals surface area (Å²) in [5.74, 6) is 0. The summed E-state index contributed by atoms with van der Waals surface area (Å²) in [5.41, 5.74) is 1.30. The minimum Gasteiger partial charge on any atom is -0.374 e. The molecule has 0 bridgehead atoms. The highest BCUT2D eigenvalue weighted by Crippen LogP contribution is 2.20. The van der Waals surface area contributed by atoms with Gasteiger partial charge in [-0.15, -0.1) is 12.4 Å². The molecule has 1 aromatic heterocycles. The summed E-state index contributed by atoms with van der Waals surface area (Å²) in [6, 6.07) is 3.08. The van der Waals surface area contributed by atoms with Crippen molar-refractivity contribution in [2.75, 3.05) is 26.2 Å². The Morgan fingerprint density at radius 3 is 3.11 bits per heavy atom. The van der Waals surface area contributed by atoms with E-state index in [4.69, 9.17) is 4.74 Å². The molecule has 2 aliphatic rings. The molecule has 2 atom stereocenters. The van der Waals surface area contributed by atoms with Crippen LogP contribution in [0.2, 0.25) is 0 Å². The number of halogens is 1. The second-order valence-electron chi connectivity index (χ2n) is 5.47. The summed E-state index contributed by atoms with van der Waals surface area (Å²) in [6.45, 7) is 9.23. The van der Waals surface area contributed by atoms with Gasteiger partial charge >= 0.3 is 0 Å². The van der Waals surface area contributed by atoms with Crippen LogP contribution < -0.4 is 5.32 Å². The molecule has 0 aromatic carbocycles. The number of rotatable bonds is 3. The van der Waals surface area contributed by atoms with E-state index in [9.17, 15) is 0 Å². The molecular weight excluding hydrogens is 264 g/mol. The zero-order valence-electron chi connectivity index (χ0n) is 11.6. The number of nitrogens with one attached hydrogen (secondary N) is 1. The highest BCUT2D eigenvalue weighted by atomic mass is 35.5. The molecule has 3 rings (SSSR count). The highest BCUT2D eigenvalue weighted by Gasteiger charge is 2.36. The number of hydrogen-bond donors (Lipinski definition) is 1. The molecule has 3 heterocycles. The predicted molar refractivity (Wildman–Crippen MR) is 76.7 cm³/mol. The van der Waals surface area contributed by atoms with Crippen LogP contribution in [0.1, 0.15) is 25.6 Å². The first-order chi connectivity index (χ1) is 8.75. The number of fused-ring (bicyclic) bond motifs is 1. The average Bonchev–Trinajstić information content (AvgIpc) is 2.96. The third-order valence-electron chi connectivity index (χ3n) is 3.91. The van der Waals surface area contributed by atoms with Crippen LogP contribution in [0.5, 0.6) is 0 Å². The smallest absolute Gasteiger partial charge is 0.0867 e. The topological polar surface area (TPSA) is 42.3 Å². The van der Waals surface area contributed by atoms with Crippen LogP contribution in [0, 0.1) is 0 Å². The van der Waals surface area contributed by atoms with Gasteiger partial charge in [0.05, 0.1) is 24.4 Å². The summed E-state index contributed by atoms with van der Waals surface area (Å²) in [6.07, 6.45) is 2.27. The number of hydrogen-bond acceptors (Lipinski definition) is 4. The quantitative estimate of drug-likeness (QED) is 0.902. The van der Waals surface area contributed by atoms with Gasteiger partial charge in [0.15, 0.2) is 0 Å². The van der Waals surface area contributed by atoms with Gasteiger partial charge in [-0.25, -0.2) is 0 Å². The van der Waals surface area contributed by atoms with E-state index in [-0.39, 0.29) is 12.4 Å². The van der Waals surface area contributed by atoms with Gasteiger partial charge in [0.25, 0.3) is 0 Å². The molecule has 0 radical (unpaired) electrons. The van der Waals surface area contributed by atoms with Crippen molar-refractivity contribution in [1.82, 2.24) is 20.0 Å². The molecule has 2 saturated heterocycles. The Kier molecular flexibility index (Phi) is 4.84. The fraction of sp³-hybridized carbons (Fsp3) is 0.769. The highest BCUT2D eigenvalue weighted by molar-refractivity contribution is 5.85. The maximum atomic E-state index is 5.80. The zero-order valence-corrected chi connectivity index (χ0v) is 12.4. The largest absolute Gasteiger partial charge is 0.374 e. The van der Waals surface area contributed by atoms with Gasteiger partial charge in [-0.2, -0.15) is 5.10 Å². The van der Waals surface area contributed by atoms with Crippen molar-refractivity contribution in [1.29, 1.82) is 0 Å². The standard InChI is InChI=1S/C13H22N4O.ClH/c1-10(2)17-11(3-4-15-17)9-16-5-6-18-13-8-14-7-12(13)16;/h3-4,10,12-14H,5-9H2,1-2H3;1H/t12-,13+;/m1./s1. The van der Waals surface area contributed by atoms with Gasteiger partial charge in [0.1, 0.15) is 0 Å².